The third-order valence-corrected chi connectivity index (χ3v) is 3.90. The molecule has 1 N–H and O–H groups in total. The van der Waals surface area contributed by atoms with Crippen LogP contribution in [0.1, 0.15) is 30.0 Å². The van der Waals surface area contributed by atoms with E-state index in [4.69, 9.17) is 0 Å². The summed E-state index contributed by atoms with van der Waals surface area (Å²) in [6, 6.07) is 9.65. The van der Waals surface area contributed by atoms with Crippen molar-refractivity contribution in [3.8, 4) is 0 Å². The average Bonchev–Trinajstić information content (AvgIpc) is 2.55. The van der Waals surface area contributed by atoms with E-state index in [-0.39, 0.29) is 18.2 Å². The zero-order valence-electron chi connectivity index (χ0n) is 14.4. The van der Waals surface area contributed by atoms with E-state index in [2.05, 4.69) is 10.3 Å². The lowest BCUT2D eigenvalue weighted by Crippen LogP contribution is -2.31. The second kappa shape index (κ2) is 8.24. The van der Waals surface area contributed by atoms with Crippen LogP contribution < -0.4 is 5.32 Å². The maximum atomic E-state index is 12.2. The number of benzene rings is 1. The van der Waals surface area contributed by atoms with Gasteiger partial charge in [-0.15, -0.1) is 0 Å². The third-order valence-electron chi connectivity index (χ3n) is 3.90. The molecule has 5 heteroatoms. The topological polar surface area (TPSA) is 62.3 Å². The zero-order chi connectivity index (χ0) is 17.5. The molecule has 1 aromatic heterocycles. The molecule has 0 aliphatic carbocycles. The number of nitrogens with zero attached hydrogens (tertiary/aromatic N) is 2. The Balaban J connectivity index is 1.94. The van der Waals surface area contributed by atoms with Crippen molar-refractivity contribution in [2.75, 3.05) is 11.9 Å². The number of aromatic nitrogens is 1. The number of pyridine rings is 1. The molecule has 5 nitrogen and oxygen atoms in total. The Morgan fingerprint density at radius 2 is 1.83 bits per heavy atom. The van der Waals surface area contributed by atoms with Gasteiger partial charge in [0.05, 0.1) is 0 Å². The minimum atomic E-state index is -0.0927. The van der Waals surface area contributed by atoms with Gasteiger partial charge in [-0.05, 0) is 36.6 Å². The van der Waals surface area contributed by atoms with Gasteiger partial charge in [0.15, 0.2) is 0 Å². The molecular formula is C19H23N3O2. The van der Waals surface area contributed by atoms with Crippen molar-refractivity contribution >= 4 is 17.5 Å². The normalized spacial score (nSPS) is 10.3. The molecule has 0 aliphatic heterocycles. The van der Waals surface area contributed by atoms with Crippen molar-refractivity contribution in [3.05, 3.63) is 59.4 Å². The number of rotatable bonds is 6. The van der Waals surface area contributed by atoms with Crippen molar-refractivity contribution in [2.45, 2.75) is 33.7 Å². The Bertz CT molecular complexity index is 694. The van der Waals surface area contributed by atoms with Crippen molar-refractivity contribution in [1.29, 1.82) is 0 Å². The maximum absolute atomic E-state index is 12.2. The first-order valence-corrected chi connectivity index (χ1v) is 7.98. The van der Waals surface area contributed by atoms with Crippen LogP contribution >= 0.6 is 0 Å². The number of para-hydroxylation sites is 1. The first-order valence-electron chi connectivity index (χ1n) is 7.98. The molecule has 24 heavy (non-hydrogen) atoms. The molecule has 2 aromatic rings. The second-order valence-corrected chi connectivity index (χ2v) is 5.87. The van der Waals surface area contributed by atoms with Gasteiger partial charge in [0.2, 0.25) is 11.8 Å². The summed E-state index contributed by atoms with van der Waals surface area (Å²) in [4.78, 5) is 29.7. The fourth-order valence-corrected chi connectivity index (χ4v) is 2.51. The van der Waals surface area contributed by atoms with Gasteiger partial charge in [-0.1, -0.05) is 24.3 Å². The van der Waals surface area contributed by atoms with Gasteiger partial charge in [0.1, 0.15) is 0 Å². The first-order chi connectivity index (χ1) is 11.5. The fourth-order valence-electron chi connectivity index (χ4n) is 2.51. The van der Waals surface area contributed by atoms with E-state index in [9.17, 15) is 9.59 Å². The summed E-state index contributed by atoms with van der Waals surface area (Å²) in [5, 5.41) is 2.95. The molecule has 0 unspecified atom stereocenters. The lowest BCUT2D eigenvalue weighted by Gasteiger charge is -2.21. The van der Waals surface area contributed by atoms with Crippen LogP contribution in [0.3, 0.4) is 0 Å². The minimum absolute atomic E-state index is 0.0567. The van der Waals surface area contributed by atoms with Crippen LogP contribution in [0.15, 0.2) is 42.7 Å². The summed E-state index contributed by atoms with van der Waals surface area (Å²) in [6.45, 7) is 6.28. The molecular weight excluding hydrogens is 302 g/mol. The third kappa shape index (κ3) is 4.91. The van der Waals surface area contributed by atoms with Crippen LogP contribution in [0.5, 0.6) is 0 Å². The molecule has 0 fully saturated rings. The summed E-state index contributed by atoms with van der Waals surface area (Å²) in [5.41, 5.74) is 3.86. The van der Waals surface area contributed by atoms with Crippen LogP contribution in [0, 0.1) is 13.8 Å². The highest BCUT2D eigenvalue weighted by Crippen LogP contribution is 2.19. The van der Waals surface area contributed by atoms with Crippen molar-refractivity contribution in [1.82, 2.24) is 9.88 Å². The highest BCUT2D eigenvalue weighted by Gasteiger charge is 2.13. The van der Waals surface area contributed by atoms with Gasteiger partial charge in [-0.2, -0.15) is 0 Å². The molecule has 1 aromatic carbocycles. The summed E-state index contributed by atoms with van der Waals surface area (Å²) in [6.07, 6.45) is 3.68. The van der Waals surface area contributed by atoms with E-state index in [1.165, 1.54) is 6.92 Å². The quantitative estimate of drug-likeness (QED) is 0.888. The van der Waals surface area contributed by atoms with E-state index in [0.717, 1.165) is 22.4 Å². The number of carbonyl (C=O) groups is 2. The number of aryl methyl sites for hydroxylation is 2. The van der Waals surface area contributed by atoms with Crippen LogP contribution in [0.2, 0.25) is 0 Å². The van der Waals surface area contributed by atoms with Crippen LogP contribution in [0.4, 0.5) is 5.69 Å². The SMILES string of the molecule is CC(=O)N(CCC(=O)Nc1c(C)cccc1C)Cc1cccnc1. The Hall–Kier alpha value is -2.69. The van der Waals surface area contributed by atoms with Gasteiger partial charge in [-0.3, -0.25) is 14.6 Å². The Kier molecular flexibility index (Phi) is 6.07. The number of hydrogen-bond donors (Lipinski definition) is 1. The fraction of sp³-hybridized carbons (Fsp3) is 0.316. The van der Waals surface area contributed by atoms with E-state index in [1.807, 2.05) is 44.2 Å². The number of hydrogen-bond acceptors (Lipinski definition) is 3. The Morgan fingerprint density at radius 1 is 1.12 bits per heavy atom. The van der Waals surface area contributed by atoms with Gasteiger partial charge >= 0.3 is 0 Å². The monoisotopic (exact) mass is 325 g/mol. The van der Waals surface area contributed by atoms with Gasteiger partial charge in [0, 0.05) is 44.5 Å². The molecule has 0 saturated carbocycles. The van der Waals surface area contributed by atoms with Crippen LogP contribution in [-0.2, 0) is 16.1 Å². The number of anilines is 1. The molecule has 126 valence electrons. The Morgan fingerprint density at radius 3 is 2.42 bits per heavy atom. The minimum Gasteiger partial charge on any atom is -0.338 e. The maximum Gasteiger partial charge on any atom is 0.226 e. The van der Waals surface area contributed by atoms with E-state index >= 15 is 0 Å². The molecule has 0 spiro atoms. The number of carbonyl (C=O) groups excluding carboxylic acids is 2. The summed E-state index contributed by atoms with van der Waals surface area (Å²) < 4.78 is 0. The van der Waals surface area contributed by atoms with Gasteiger partial charge in [-0.25, -0.2) is 0 Å². The van der Waals surface area contributed by atoms with Gasteiger partial charge < -0.3 is 10.2 Å². The molecule has 0 aliphatic rings. The van der Waals surface area contributed by atoms with Crippen molar-refractivity contribution in [3.63, 3.8) is 0 Å². The van der Waals surface area contributed by atoms with Crippen molar-refractivity contribution in [2.24, 2.45) is 0 Å². The average molecular weight is 325 g/mol. The standard InChI is InChI=1S/C19H23N3O2/c1-14-6-4-7-15(2)19(14)21-18(24)9-11-22(16(3)23)13-17-8-5-10-20-12-17/h4-8,10,12H,9,11,13H2,1-3H3,(H,21,24). The smallest absolute Gasteiger partial charge is 0.226 e. The predicted octanol–water partition coefficient (Wildman–Crippen LogP) is 3.08. The number of amides is 2. The highest BCUT2D eigenvalue weighted by molar-refractivity contribution is 5.92. The molecule has 1 heterocycles. The summed E-state index contributed by atoms with van der Waals surface area (Å²) in [5.74, 6) is -0.149. The zero-order valence-corrected chi connectivity index (χ0v) is 14.4. The predicted molar refractivity (Wildman–Crippen MR) is 94.5 cm³/mol. The van der Waals surface area contributed by atoms with Crippen LogP contribution in [-0.4, -0.2) is 28.2 Å². The molecule has 0 atom stereocenters. The highest BCUT2D eigenvalue weighted by atomic mass is 16.2. The van der Waals surface area contributed by atoms with E-state index < -0.39 is 0 Å². The molecule has 2 amide bonds. The lowest BCUT2D eigenvalue weighted by molar-refractivity contribution is -0.129. The van der Waals surface area contributed by atoms with E-state index in [1.54, 1.807) is 17.3 Å². The largest absolute Gasteiger partial charge is 0.338 e. The Labute approximate surface area is 142 Å². The van der Waals surface area contributed by atoms with E-state index in [0.29, 0.717) is 13.1 Å². The van der Waals surface area contributed by atoms with Gasteiger partial charge in [0.25, 0.3) is 0 Å². The number of nitrogens with one attached hydrogen (secondary N) is 1. The van der Waals surface area contributed by atoms with Crippen LogP contribution in [0.25, 0.3) is 0 Å². The summed E-state index contributed by atoms with van der Waals surface area (Å²) in [7, 11) is 0. The summed E-state index contributed by atoms with van der Waals surface area (Å²) >= 11 is 0. The second-order valence-electron chi connectivity index (χ2n) is 5.87. The lowest BCUT2D eigenvalue weighted by atomic mass is 10.1. The van der Waals surface area contributed by atoms with Crippen molar-refractivity contribution < 1.29 is 9.59 Å². The molecule has 0 radical (unpaired) electrons. The molecule has 0 bridgehead atoms. The molecule has 0 saturated heterocycles. The molecule has 2 rings (SSSR count). The first kappa shape index (κ1) is 17.7.